The summed E-state index contributed by atoms with van der Waals surface area (Å²) in [5.74, 6) is -0.398. The standard InChI is InChI=1S/C17H25NO5/c1-3-4-10-22-17(20)18-15(13-21-2)11-16(19)23-12-14-8-6-5-7-9-14/h5-9,15H,3-4,10-13H2,1-2H3,(H,18,20)/t15-/m0/s1. The lowest BCUT2D eigenvalue weighted by molar-refractivity contribution is -0.145. The van der Waals surface area contributed by atoms with Crippen molar-refractivity contribution in [1.29, 1.82) is 0 Å². The number of carbonyl (C=O) groups excluding carboxylic acids is 2. The Hall–Kier alpha value is -2.08. The summed E-state index contributed by atoms with van der Waals surface area (Å²) in [5.41, 5.74) is 0.913. The highest BCUT2D eigenvalue weighted by atomic mass is 16.5. The molecule has 128 valence electrons. The summed E-state index contributed by atoms with van der Waals surface area (Å²) < 4.78 is 15.2. The number of esters is 1. The highest BCUT2D eigenvalue weighted by Crippen LogP contribution is 2.04. The molecule has 0 aliphatic heterocycles. The zero-order valence-corrected chi connectivity index (χ0v) is 13.7. The molecule has 0 saturated carbocycles. The van der Waals surface area contributed by atoms with Crippen LogP contribution in [0.2, 0.25) is 0 Å². The van der Waals surface area contributed by atoms with E-state index in [0.717, 1.165) is 18.4 Å². The maximum Gasteiger partial charge on any atom is 0.407 e. The van der Waals surface area contributed by atoms with Gasteiger partial charge in [-0.25, -0.2) is 4.79 Å². The number of alkyl carbamates (subject to hydrolysis) is 1. The Balaban J connectivity index is 2.35. The average Bonchev–Trinajstić information content (AvgIpc) is 2.54. The number of rotatable bonds is 10. The second-order valence-electron chi connectivity index (χ2n) is 5.14. The highest BCUT2D eigenvalue weighted by molar-refractivity contribution is 5.72. The second kappa shape index (κ2) is 11.5. The molecule has 0 heterocycles. The summed E-state index contributed by atoms with van der Waals surface area (Å²) >= 11 is 0. The summed E-state index contributed by atoms with van der Waals surface area (Å²) in [6.07, 6.45) is 1.24. The number of unbranched alkanes of at least 4 members (excludes halogenated alkanes) is 1. The smallest absolute Gasteiger partial charge is 0.407 e. The maximum absolute atomic E-state index is 11.9. The summed E-state index contributed by atoms with van der Waals surface area (Å²) in [6, 6.07) is 8.94. The molecule has 0 aromatic heterocycles. The van der Waals surface area contributed by atoms with Crippen LogP contribution in [0, 0.1) is 0 Å². The minimum Gasteiger partial charge on any atom is -0.461 e. The lowest BCUT2D eigenvalue weighted by Crippen LogP contribution is -2.40. The van der Waals surface area contributed by atoms with Gasteiger partial charge >= 0.3 is 12.1 Å². The van der Waals surface area contributed by atoms with Crippen molar-refractivity contribution in [2.45, 2.75) is 38.8 Å². The predicted molar refractivity (Wildman–Crippen MR) is 85.9 cm³/mol. The van der Waals surface area contributed by atoms with Crippen LogP contribution in [-0.2, 0) is 25.6 Å². The first-order valence-electron chi connectivity index (χ1n) is 7.77. The zero-order valence-electron chi connectivity index (χ0n) is 13.7. The topological polar surface area (TPSA) is 73.9 Å². The largest absolute Gasteiger partial charge is 0.461 e. The van der Waals surface area contributed by atoms with E-state index < -0.39 is 18.1 Å². The van der Waals surface area contributed by atoms with Crippen molar-refractivity contribution in [2.24, 2.45) is 0 Å². The Bertz CT molecular complexity index is 463. The number of ether oxygens (including phenoxy) is 3. The molecule has 0 aliphatic rings. The van der Waals surface area contributed by atoms with Crippen molar-refractivity contribution in [3.8, 4) is 0 Å². The van der Waals surface area contributed by atoms with Gasteiger partial charge in [0.15, 0.2) is 0 Å². The first kappa shape index (κ1) is 19.0. The predicted octanol–water partition coefficient (Wildman–Crippen LogP) is 2.66. The van der Waals surface area contributed by atoms with Gasteiger partial charge in [0.2, 0.25) is 0 Å². The Labute approximate surface area is 137 Å². The van der Waals surface area contributed by atoms with Crippen LogP contribution >= 0.6 is 0 Å². The summed E-state index contributed by atoms with van der Waals surface area (Å²) in [4.78, 5) is 23.5. The third kappa shape index (κ3) is 8.83. The van der Waals surface area contributed by atoms with Gasteiger partial charge in [0.1, 0.15) is 6.61 Å². The van der Waals surface area contributed by atoms with Crippen LogP contribution in [0.15, 0.2) is 30.3 Å². The van der Waals surface area contributed by atoms with E-state index in [1.54, 1.807) is 0 Å². The SMILES string of the molecule is CCCCOC(=O)N[C@H](COC)CC(=O)OCc1ccccc1. The number of amides is 1. The second-order valence-corrected chi connectivity index (χ2v) is 5.14. The fourth-order valence-corrected chi connectivity index (χ4v) is 1.87. The lowest BCUT2D eigenvalue weighted by atomic mass is 10.2. The Kier molecular flexibility index (Phi) is 9.47. The molecule has 1 atom stereocenters. The molecule has 0 aliphatic carbocycles. The van der Waals surface area contributed by atoms with Crippen molar-refractivity contribution in [2.75, 3.05) is 20.3 Å². The van der Waals surface area contributed by atoms with E-state index in [2.05, 4.69) is 5.32 Å². The minimum atomic E-state index is -0.545. The van der Waals surface area contributed by atoms with E-state index >= 15 is 0 Å². The first-order valence-corrected chi connectivity index (χ1v) is 7.77. The van der Waals surface area contributed by atoms with Crippen LogP contribution in [0.5, 0.6) is 0 Å². The van der Waals surface area contributed by atoms with Gasteiger partial charge in [0, 0.05) is 7.11 Å². The fourth-order valence-electron chi connectivity index (χ4n) is 1.87. The minimum absolute atomic E-state index is 0.0313. The van der Waals surface area contributed by atoms with Gasteiger partial charge < -0.3 is 19.5 Å². The van der Waals surface area contributed by atoms with Gasteiger partial charge in [0.25, 0.3) is 0 Å². The quantitative estimate of drug-likeness (QED) is 0.529. The van der Waals surface area contributed by atoms with Gasteiger partial charge in [-0.15, -0.1) is 0 Å². The van der Waals surface area contributed by atoms with E-state index in [9.17, 15) is 9.59 Å². The van der Waals surface area contributed by atoms with E-state index in [1.165, 1.54) is 7.11 Å². The molecule has 0 unspecified atom stereocenters. The molecule has 23 heavy (non-hydrogen) atoms. The molecule has 0 saturated heterocycles. The summed E-state index contributed by atoms with van der Waals surface area (Å²) in [6.45, 7) is 2.79. The van der Waals surface area contributed by atoms with Crippen molar-refractivity contribution < 1.29 is 23.8 Å². The zero-order chi connectivity index (χ0) is 16.9. The van der Waals surface area contributed by atoms with Crippen molar-refractivity contribution >= 4 is 12.1 Å². The van der Waals surface area contributed by atoms with E-state index in [1.807, 2.05) is 37.3 Å². The van der Waals surface area contributed by atoms with Crippen molar-refractivity contribution in [3.63, 3.8) is 0 Å². The average molecular weight is 323 g/mol. The molecule has 0 fully saturated rings. The van der Waals surface area contributed by atoms with Crippen molar-refractivity contribution in [3.05, 3.63) is 35.9 Å². The number of hydrogen-bond donors (Lipinski definition) is 1. The number of benzene rings is 1. The van der Waals surface area contributed by atoms with Crippen LogP contribution in [-0.4, -0.2) is 38.4 Å². The van der Waals surface area contributed by atoms with E-state index in [0.29, 0.717) is 6.61 Å². The third-order valence-corrected chi connectivity index (χ3v) is 3.08. The number of carbonyl (C=O) groups is 2. The maximum atomic E-state index is 11.9. The van der Waals surface area contributed by atoms with Crippen LogP contribution in [0.3, 0.4) is 0 Å². The molecule has 0 radical (unpaired) electrons. The molecule has 1 aromatic rings. The van der Waals surface area contributed by atoms with Gasteiger partial charge in [0.05, 0.1) is 25.7 Å². The molecule has 0 bridgehead atoms. The first-order chi connectivity index (χ1) is 11.2. The molecular formula is C17H25NO5. The molecule has 1 N–H and O–H groups in total. The summed E-state index contributed by atoms with van der Waals surface area (Å²) in [7, 11) is 1.51. The monoisotopic (exact) mass is 323 g/mol. The van der Waals surface area contributed by atoms with Gasteiger partial charge in [-0.05, 0) is 12.0 Å². The normalized spacial score (nSPS) is 11.6. The summed E-state index contributed by atoms with van der Waals surface area (Å²) in [5, 5.41) is 2.62. The van der Waals surface area contributed by atoms with Crippen LogP contribution in [0.4, 0.5) is 4.79 Å². The van der Waals surface area contributed by atoms with Crippen LogP contribution < -0.4 is 5.32 Å². The number of hydrogen-bond acceptors (Lipinski definition) is 5. The van der Waals surface area contributed by atoms with Crippen LogP contribution in [0.25, 0.3) is 0 Å². The lowest BCUT2D eigenvalue weighted by Gasteiger charge is -2.17. The third-order valence-electron chi connectivity index (χ3n) is 3.08. The molecule has 0 spiro atoms. The van der Waals surface area contributed by atoms with Crippen LogP contribution in [0.1, 0.15) is 31.7 Å². The van der Waals surface area contributed by atoms with Gasteiger partial charge in [-0.1, -0.05) is 43.7 Å². The van der Waals surface area contributed by atoms with Gasteiger partial charge in [-0.2, -0.15) is 0 Å². The van der Waals surface area contributed by atoms with E-state index in [-0.39, 0.29) is 19.6 Å². The van der Waals surface area contributed by atoms with Crippen molar-refractivity contribution in [1.82, 2.24) is 5.32 Å². The van der Waals surface area contributed by atoms with Gasteiger partial charge in [-0.3, -0.25) is 4.79 Å². The number of nitrogens with one attached hydrogen (secondary N) is 1. The Morgan fingerprint density at radius 1 is 1.17 bits per heavy atom. The molecule has 1 rings (SSSR count). The number of methoxy groups -OCH3 is 1. The Morgan fingerprint density at radius 2 is 1.91 bits per heavy atom. The van der Waals surface area contributed by atoms with E-state index in [4.69, 9.17) is 14.2 Å². The molecular weight excluding hydrogens is 298 g/mol. The molecule has 1 aromatic carbocycles. The molecule has 6 nitrogen and oxygen atoms in total. The Morgan fingerprint density at radius 3 is 2.57 bits per heavy atom. The fraction of sp³-hybridized carbons (Fsp3) is 0.529. The molecule has 1 amide bonds. The highest BCUT2D eigenvalue weighted by Gasteiger charge is 2.18. The molecule has 6 heteroatoms.